The summed E-state index contributed by atoms with van der Waals surface area (Å²) in [5.74, 6) is 0.372. The van der Waals surface area contributed by atoms with Crippen LogP contribution in [0.15, 0.2) is 11.4 Å². The molecule has 0 saturated heterocycles. The van der Waals surface area contributed by atoms with Gasteiger partial charge in [-0.2, -0.15) is 0 Å². The molecule has 1 N–H and O–H groups in total. The van der Waals surface area contributed by atoms with Crippen LogP contribution < -0.4 is 0 Å². The van der Waals surface area contributed by atoms with E-state index in [-0.39, 0.29) is 5.41 Å². The van der Waals surface area contributed by atoms with Crippen molar-refractivity contribution >= 4 is 11.3 Å². The lowest BCUT2D eigenvalue weighted by Crippen LogP contribution is -2.44. The van der Waals surface area contributed by atoms with E-state index in [2.05, 4.69) is 39.1 Å². The number of hydrogen-bond donors (Lipinski definition) is 1. The van der Waals surface area contributed by atoms with Crippen LogP contribution in [0.3, 0.4) is 0 Å². The summed E-state index contributed by atoms with van der Waals surface area (Å²) in [5, 5.41) is 13.3. The van der Waals surface area contributed by atoms with Crippen molar-refractivity contribution in [2.24, 2.45) is 11.3 Å². The Morgan fingerprint density at radius 3 is 2.59 bits per heavy atom. The molecule has 2 atom stereocenters. The Morgan fingerprint density at radius 1 is 1.35 bits per heavy atom. The van der Waals surface area contributed by atoms with Crippen LogP contribution in [0.2, 0.25) is 0 Å². The third kappa shape index (κ3) is 2.30. The van der Waals surface area contributed by atoms with Crippen LogP contribution >= 0.6 is 11.3 Å². The first-order valence-electron chi connectivity index (χ1n) is 6.62. The van der Waals surface area contributed by atoms with Gasteiger partial charge in [-0.25, -0.2) is 0 Å². The van der Waals surface area contributed by atoms with E-state index in [9.17, 15) is 5.11 Å². The molecule has 1 fully saturated rings. The van der Waals surface area contributed by atoms with Gasteiger partial charge in [0.25, 0.3) is 0 Å². The van der Waals surface area contributed by atoms with Gasteiger partial charge in [0, 0.05) is 4.88 Å². The molecule has 0 aromatic carbocycles. The first-order chi connectivity index (χ1) is 7.86. The molecule has 1 aliphatic carbocycles. The van der Waals surface area contributed by atoms with Crippen molar-refractivity contribution in [2.75, 3.05) is 0 Å². The third-order valence-corrected chi connectivity index (χ3v) is 5.09. The van der Waals surface area contributed by atoms with Gasteiger partial charge in [-0.15, -0.1) is 11.3 Å². The summed E-state index contributed by atoms with van der Waals surface area (Å²) in [6.45, 7) is 8.91. The number of rotatable bonds is 1. The van der Waals surface area contributed by atoms with Gasteiger partial charge in [0.2, 0.25) is 0 Å². The van der Waals surface area contributed by atoms with Crippen molar-refractivity contribution in [1.29, 1.82) is 0 Å². The zero-order chi connectivity index (χ0) is 12.7. The molecule has 0 amide bonds. The first-order valence-corrected chi connectivity index (χ1v) is 7.50. The highest BCUT2D eigenvalue weighted by atomic mass is 32.1. The van der Waals surface area contributed by atoms with E-state index in [0.29, 0.717) is 5.92 Å². The van der Waals surface area contributed by atoms with E-state index in [1.165, 1.54) is 16.9 Å². The van der Waals surface area contributed by atoms with Gasteiger partial charge >= 0.3 is 0 Å². The molecule has 96 valence electrons. The predicted molar refractivity (Wildman–Crippen MR) is 74.4 cm³/mol. The molecule has 0 spiro atoms. The average molecular weight is 252 g/mol. The normalized spacial score (nSPS) is 30.5. The molecule has 2 unspecified atom stereocenters. The van der Waals surface area contributed by atoms with E-state index in [1.54, 1.807) is 11.3 Å². The van der Waals surface area contributed by atoms with Crippen LogP contribution in [0.4, 0.5) is 0 Å². The Morgan fingerprint density at radius 2 is 2.06 bits per heavy atom. The summed E-state index contributed by atoms with van der Waals surface area (Å²) >= 11 is 1.75. The Kier molecular flexibility index (Phi) is 3.39. The second-order valence-electron chi connectivity index (χ2n) is 6.48. The fourth-order valence-corrected chi connectivity index (χ4v) is 4.24. The highest BCUT2D eigenvalue weighted by Gasteiger charge is 2.46. The molecule has 1 aliphatic rings. The van der Waals surface area contributed by atoms with Gasteiger partial charge in [0.1, 0.15) is 0 Å². The highest BCUT2D eigenvalue weighted by molar-refractivity contribution is 7.10. The van der Waals surface area contributed by atoms with Gasteiger partial charge in [-0.05, 0) is 48.1 Å². The highest BCUT2D eigenvalue weighted by Crippen LogP contribution is 2.50. The van der Waals surface area contributed by atoms with Gasteiger partial charge in [-0.3, -0.25) is 0 Å². The molecule has 1 heterocycles. The molecule has 1 nitrogen and oxygen atoms in total. The zero-order valence-corrected chi connectivity index (χ0v) is 12.2. The molecule has 0 bridgehead atoms. The number of aliphatic hydroxyl groups is 1. The van der Waals surface area contributed by atoms with Crippen molar-refractivity contribution in [3.05, 3.63) is 21.9 Å². The molecule has 17 heavy (non-hydrogen) atoms. The molecule has 1 aromatic heterocycles. The van der Waals surface area contributed by atoms with Crippen molar-refractivity contribution in [1.82, 2.24) is 0 Å². The lowest BCUT2D eigenvalue weighted by Gasteiger charge is -2.47. The number of aryl methyl sites for hydroxylation is 1. The topological polar surface area (TPSA) is 20.2 Å². The molecular weight excluding hydrogens is 228 g/mol. The maximum Gasteiger partial charge on any atom is 0.0940 e. The lowest BCUT2D eigenvalue weighted by atomic mass is 9.61. The smallest absolute Gasteiger partial charge is 0.0940 e. The van der Waals surface area contributed by atoms with Crippen LogP contribution in [-0.4, -0.2) is 5.11 Å². The van der Waals surface area contributed by atoms with Crippen LogP contribution in [0, 0.1) is 18.3 Å². The summed E-state index contributed by atoms with van der Waals surface area (Å²) in [4.78, 5) is 1.28. The minimum absolute atomic E-state index is 0.170. The van der Waals surface area contributed by atoms with Crippen LogP contribution in [0.25, 0.3) is 0 Å². The summed E-state index contributed by atoms with van der Waals surface area (Å²) in [5.41, 5.74) is 0.756. The summed E-state index contributed by atoms with van der Waals surface area (Å²) < 4.78 is 0. The second kappa shape index (κ2) is 4.40. The van der Waals surface area contributed by atoms with E-state index >= 15 is 0 Å². The minimum Gasteiger partial charge on any atom is -0.385 e. The largest absolute Gasteiger partial charge is 0.385 e. The van der Waals surface area contributed by atoms with Crippen molar-refractivity contribution < 1.29 is 5.11 Å². The van der Waals surface area contributed by atoms with E-state index in [0.717, 1.165) is 19.3 Å². The molecule has 0 radical (unpaired) electrons. The van der Waals surface area contributed by atoms with Gasteiger partial charge in [0.05, 0.1) is 5.60 Å². The van der Waals surface area contributed by atoms with Crippen LogP contribution in [0.1, 0.15) is 56.9 Å². The standard InChI is InChI=1S/C15H24OS/c1-11-12(8-10-17-11)15(16)9-6-5-7-13(15)14(2,3)4/h8,10,13,16H,5-7,9H2,1-4H3. The summed E-state index contributed by atoms with van der Waals surface area (Å²) in [6, 6.07) is 2.13. The maximum absolute atomic E-state index is 11.2. The lowest BCUT2D eigenvalue weighted by molar-refractivity contribution is -0.0960. The van der Waals surface area contributed by atoms with Gasteiger partial charge in [-0.1, -0.05) is 33.6 Å². The SMILES string of the molecule is Cc1sccc1C1(O)CCCCC1C(C)(C)C. The molecular formula is C15H24OS. The predicted octanol–water partition coefficient (Wildman–Crippen LogP) is 4.48. The fraction of sp³-hybridized carbons (Fsp3) is 0.733. The van der Waals surface area contributed by atoms with E-state index in [1.807, 2.05) is 0 Å². The van der Waals surface area contributed by atoms with Crippen molar-refractivity contribution in [3.8, 4) is 0 Å². The molecule has 0 aliphatic heterocycles. The number of thiophene rings is 1. The average Bonchev–Trinajstić information content (AvgIpc) is 2.64. The molecule has 2 heteroatoms. The fourth-order valence-electron chi connectivity index (χ4n) is 3.46. The quantitative estimate of drug-likeness (QED) is 0.781. The van der Waals surface area contributed by atoms with E-state index in [4.69, 9.17) is 0 Å². The maximum atomic E-state index is 11.2. The Balaban J connectivity index is 2.42. The van der Waals surface area contributed by atoms with Gasteiger partial charge in [0.15, 0.2) is 0 Å². The van der Waals surface area contributed by atoms with Crippen LogP contribution in [0.5, 0.6) is 0 Å². The monoisotopic (exact) mass is 252 g/mol. The second-order valence-corrected chi connectivity index (χ2v) is 7.60. The van der Waals surface area contributed by atoms with Crippen molar-refractivity contribution in [2.45, 2.75) is 59.0 Å². The zero-order valence-electron chi connectivity index (χ0n) is 11.4. The summed E-state index contributed by atoms with van der Waals surface area (Å²) in [6.07, 6.45) is 4.48. The minimum atomic E-state index is -0.597. The van der Waals surface area contributed by atoms with E-state index < -0.39 is 5.60 Å². The molecule has 1 aromatic rings. The van der Waals surface area contributed by atoms with Gasteiger partial charge < -0.3 is 5.11 Å². The molecule has 2 rings (SSSR count). The Bertz CT molecular complexity index is 388. The molecule has 1 saturated carbocycles. The summed E-state index contributed by atoms with van der Waals surface area (Å²) in [7, 11) is 0. The Hall–Kier alpha value is -0.340. The number of hydrogen-bond acceptors (Lipinski definition) is 2. The van der Waals surface area contributed by atoms with Crippen molar-refractivity contribution in [3.63, 3.8) is 0 Å². The Labute approximate surface area is 109 Å². The van der Waals surface area contributed by atoms with Crippen LogP contribution in [-0.2, 0) is 5.60 Å². The third-order valence-electron chi connectivity index (χ3n) is 4.25. The first kappa shape index (κ1) is 13.1.